The lowest BCUT2D eigenvalue weighted by atomic mass is 10.4. The molecule has 1 aromatic rings. The molecule has 0 aromatic heterocycles. The summed E-state index contributed by atoms with van der Waals surface area (Å²) in [5.74, 6) is 0. The third-order valence-corrected chi connectivity index (χ3v) is 2.87. The molecule has 0 unspecified atom stereocenters. The highest BCUT2D eigenvalue weighted by Gasteiger charge is 2.08. The van der Waals surface area contributed by atoms with Crippen LogP contribution in [0.25, 0.3) is 0 Å². The van der Waals surface area contributed by atoms with Crippen LogP contribution in [-0.2, 0) is 10.1 Å². The molecule has 0 atom stereocenters. The fourth-order valence-electron chi connectivity index (χ4n) is 0.816. The van der Waals surface area contributed by atoms with Gasteiger partial charge < -0.3 is 0 Å². The minimum atomic E-state index is -4.08. The Kier molecular flexibility index (Phi) is 3.32. The van der Waals surface area contributed by atoms with Crippen molar-refractivity contribution in [2.24, 2.45) is 0 Å². The van der Waals surface area contributed by atoms with Crippen LogP contribution in [0.4, 0.5) is 0 Å². The molecule has 72 valence electrons. The lowest BCUT2D eigenvalue weighted by Crippen LogP contribution is -1.98. The van der Waals surface area contributed by atoms with Gasteiger partial charge in [-0.2, -0.15) is 8.42 Å². The first kappa shape index (κ1) is 10.5. The fraction of sp³-hybridized carbons (Fsp3) is 0.143. The summed E-state index contributed by atoms with van der Waals surface area (Å²) in [5, 5.41) is 0. The van der Waals surface area contributed by atoms with E-state index in [1.807, 2.05) is 0 Å². The van der Waals surface area contributed by atoms with Crippen molar-refractivity contribution in [1.82, 2.24) is 4.72 Å². The van der Waals surface area contributed by atoms with Crippen LogP contribution < -0.4 is 4.72 Å². The highest BCUT2D eigenvalue weighted by molar-refractivity contribution is 7.97. The lowest BCUT2D eigenvalue weighted by Gasteiger charge is -2.00. The summed E-state index contributed by atoms with van der Waals surface area (Å²) in [6.07, 6.45) is 0. The maximum atomic E-state index is 10.7. The van der Waals surface area contributed by atoms with Gasteiger partial charge in [-0.1, -0.05) is 6.07 Å². The van der Waals surface area contributed by atoms with Crippen molar-refractivity contribution in [2.45, 2.75) is 9.79 Å². The van der Waals surface area contributed by atoms with Crippen molar-refractivity contribution >= 4 is 22.1 Å². The minimum Gasteiger partial charge on any atom is -0.282 e. The Labute approximate surface area is 81.2 Å². The van der Waals surface area contributed by atoms with Gasteiger partial charge in [0.25, 0.3) is 10.1 Å². The zero-order valence-corrected chi connectivity index (χ0v) is 8.52. The second kappa shape index (κ2) is 4.10. The van der Waals surface area contributed by atoms with Gasteiger partial charge in [0.05, 0.1) is 4.90 Å². The van der Waals surface area contributed by atoms with Crippen LogP contribution in [0.5, 0.6) is 0 Å². The SMILES string of the molecule is CNSc1cccc(S(=O)(=O)O)c1. The zero-order chi connectivity index (χ0) is 9.90. The van der Waals surface area contributed by atoms with Crippen LogP contribution in [0, 0.1) is 0 Å². The molecule has 0 spiro atoms. The summed E-state index contributed by atoms with van der Waals surface area (Å²) in [5.41, 5.74) is 0. The molecule has 6 heteroatoms. The molecule has 1 aromatic carbocycles. The van der Waals surface area contributed by atoms with Crippen LogP contribution in [0.15, 0.2) is 34.1 Å². The summed E-state index contributed by atoms with van der Waals surface area (Å²) >= 11 is 1.28. The first-order valence-corrected chi connectivity index (χ1v) is 5.71. The molecule has 4 nitrogen and oxygen atoms in total. The second-order valence-electron chi connectivity index (χ2n) is 2.26. The molecule has 0 heterocycles. The standard InChI is InChI=1S/C7H9NO3S2/c1-8-12-6-3-2-4-7(5-6)13(9,10)11/h2-5,8H,1H3,(H,9,10,11). The van der Waals surface area contributed by atoms with Crippen LogP contribution in [-0.4, -0.2) is 20.0 Å². The van der Waals surface area contributed by atoms with E-state index in [-0.39, 0.29) is 4.90 Å². The highest BCUT2D eigenvalue weighted by Crippen LogP contribution is 2.18. The van der Waals surface area contributed by atoms with Crippen molar-refractivity contribution in [3.8, 4) is 0 Å². The van der Waals surface area contributed by atoms with E-state index in [2.05, 4.69) is 4.72 Å². The molecule has 0 aliphatic carbocycles. The number of hydrogen-bond acceptors (Lipinski definition) is 4. The van der Waals surface area contributed by atoms with Gasteiger partial charge in [0.1, 0.15) is 0 Å². The molecule has 2 N–H and O–H groups in total. The van der Waals surface area contributed by atoms with E-state index in [1.165, 1.54) is 24.1 Å². The first-order valence-electron chi connectivity index (χ1n) is 3.45. The number of nitrogens with one attached hydrogen (secondary N) is 1. The van der Waals surface area contributed by atoms with Crippen molar-refractivity contribution in [3.05, 3.63) is 24.3 Å². The summed E-state index contributed by atoms with van der Waals surface area (Å²) < 4.78 is 33.0. The van der Waals surface area contributed by atoms with E-state index in [4.69, 9.17) is 4.55 Å². The van der Waals surface area contributed by atoms with E-state index in [1.54, 1.807) is 19.2 Å². The predicted octanol–water partition coefficient (Wildman–Crippen LogP) is 1.16. The van der Waals surface area contributed by atoms with Crippen molar-refractivity contribution < 1.29 is 13.0 Å². The van der Waals surface area contributed by atoms with Crippen LogP contribution >= 0.6 is 11.9 Å². The lowest BCUT2D eigenvalue weighted by molar-refractivity contribution is 0.483. The smallest absolute Gasteiger partial charge is 0.282 e. The normalized spacial score (nSPS) is 11.5. The third-order valence-electron chi connectivity index (χ3n) is 1.32. The molecule has 0 fully saturated rings. The van der Waals surface area contributed by atoms with Gasteiger partial charge in [0.2, 0.25) is 0 Å². The molecule has 0 saturated heterocycles. The van der Waals surface area contributed by atoms with Gasteiger partial charge in [-0.15, -0.1) is 0 Å². The van der Waals surface area contributed by atoms with E-state index in [9.17, 15) is 8.42 Å². The zero-order valence-electron chi connectivity index (χ0n) is 6.89. The van der Waals surface area contributed by atoms with E-state index >= 15 is 0 Å². The molecule has 0 radical (unpaired) electrons. The number of benzene rings is 1. The Morgan fingerprint density at radius 1 is 1.46 bits per heavy atom. The first-order chi connectivity index (χ1) is 6.04. The molecule has 0 saturated carbocycles. The average molecular weight is 219 g/mol. The number of hydrogen-bond donors (Lipinski definition) is 2. The monoisotopic (exact) mass is 219 g/mol. The van der Waals surface area contributed by atoms with Gasteiger partial charge in [0, 0.05) is 4.90 Å². The summed E-state index contributed by atoms with van der Waals surface area (Å²) in [7, 11) is -2.36. The van der Waals surface area contributed by atoms with Gasteiger partial charge in [-0.05, 0) is 37.2 Å². The maximum Gasteiger partial charge on any atom is 0.294 e. The predicted molar refractivity (Wildman–Crippen MR) is 51.2 cm³/mol. The van der Waals surface area contributed by atoms with Crippen LogP contribution in [0.3, 0.4) is 0 Å². The fourth-order valence-corrected chi connectivity index (χ4v) is 1.99. The molecular weight excluding hydrogens is 210 g/mol. The molecule has 13 heavy (non-hydrogen) atoms. The van der Waals surface area contributed by atoms with Gasteiger partial charge in [-0.3, -0.25) is 9.27 Å². The van der Waals surface area contributed by atoms with E-state index < -0.39 is 10.1 Å². The Balaban J connectivity index is 3.06. The third kappa shape index (κ3) is 3.00. The van der Waals surface area contributed by atoms with Crippen molar-refractivity contribution in [2.75, 3.05) is 7.05 Å². The Bertz CT molecular complexity index is 388. The average Bonchev–Trinajstić information content (AvgIpc) is 2.04. The minimum absolute atomic E-state index is 0.0900. The summed E-state index contributed by atoms with van der Waals surface area (Å²) in [6.45, 7) is 0. The Hall–Kier alpha value is -0.560. The topological polar surface area (TPSA) is 66.4 Å². The van der Waals surface area contributed by atoms with Crippen LogP contribution in [0.1, 0.15) is 0 Å². The largest absolute Gasteiger partial charge is 0.294 e. The van der Waals surface area contributed by atoms with E-state index in [0.717, 1.165) is 4.90 Å². The van der Waals surface area contributed by atoms with Crippen molar-refractivity contribution in [1.29, 1.82) is 0 Å². The molecule has 0 amide bonds. The van der Waals surface area contributed by atoms with Crippen molar-refractivity contribution in [3.63, 3.8) is 0 Å². The molecular formula is C7H9NO3S2. The molecule has 0 aliphatic rings. The van der Waals surface area contributed by atoms with Gasteiger partial charge in [-0.25, -0.2) is 0 Å². The summed E-state index contributed by atoms with van der Waals surface area (Å²) in [6, 6.07) is 6.06. The quantitative estimate of drug-likeness (QED) is 0.590. The maximum absolute atomic E-state index is 10.7. The number of rotatable bonds is 3. The van der Waals surface area contributed by atoms with E-state index in [0.29, 0.717) is 0 Å². The van der Waals surface area contributed by atoms with Gasteiger partial charge in [0.15, 0.2) is 0 Å². The molecule has 1 rings (SSSR count). The Morgan fingerprint density at radius 2 is 2.15 bits per heavy atom. The molecule has 0 bridgehead atoms. The molecule has 0 aliphatic heterocycles. The van der Waals surface area contributed by atoms with Crippen LogP contribution in [0.2, 0.25) is 0 Å². The van der Waals surface area contributed by atoms with Gasteiger partial charge >= 0.3 is 0 Å². The second-order valence-corrected chi connectivity index (χ2v) is 4.76. The Morgan fingerprint density at radius 3 is 2.69 bits per heavy atom. The highest BCUT2D eigenvalue weighted by atomic mass is 32.2. The summed E-state index contributed by atoms with van der Waals surface area (Å²) in [4.78, 5) is 0.644.